The first-order chi connectivity index (χ1) is 14.6. The van der Waals surface area contributed by atoms with Gasteiger partial charge in [-0.3, -0.25) is 9.36 Å². The molecule has 30 heavy (non-hydrogen) atoms. The molecule has 5 heteroatoms. The summed E-state index contributed by atoms with van der Waals surface area (Å²) in [5.41, 5.74) is 3.53. The summed E-state index contributed by atoms with van der Waals surface area (Å²) in [5, 5.41) is 2.99. The van der Waals surface area contributed by atoms with Crippen LogP contribution >= 0.6 is 0 Å². The van der Waals surface area contributed by atoms with Crippen LogP contribution in [-0.4, -0.2) is 17.0 Å². The number of amides is 1. The van der Waals surface area contributed by atoms with Crippen molar-refractivity contribution in [3.05, 3.63) is 107 Å². The molecule has 0 aliphatic heterocycles. The lowest BCUT2D eigenvalue weighted by molar-refractivity contribution is -0.123. The molecule has 3 aromatic carbocycles. The third-order valence-electron chi connectivity index (χ3n) is 5.42. The summed E-state index contributed by atoms with van der Waals surface area (Å²) in [7, 11) is 0. The molecule has 0 aliphatic carbocycles. The highest BCUT2D eigenvalue weighted by atomic mass is 16.4. The van der Waals surface area contributed by atoms with Crippen molar-refractivity contribution in [2.75, 3.05) is 6.54 Å². The number of nitrogens with one attached hydrogen (secondary N) is 1. The van der Waals surface area contributed by atoms with Gasteiger partial charge in [-0.2, -0.15) is 0 Å². The maximum atomic E-state index is 12.8. The third kappa shape index (κ3) is 4.06. The number of para-hydroxylation sites is 2. The highest BCUT2D eigenvalue weighted by molar-refractivity contribution is 5.82. The molecule has 1 aromatic heterocycles. The Hall–Kier alpha value is -3.60. The second-order valence-corrected chi connectivity index (χ2v) is 7.34. The van der Waals surface area contributed by atoms with Crippen LogP contribution in [0, 0.1) is 0 Å². The second-order valence-electron chi connectivity index (χ2n) is 7.34. The molecule has 1 atom stereocenters. The van der Waals surface area contributed by atoms with Gasteiger partial charge in [0.25, 0.3) is 0 Å². The van der Waals surface area contributed by atoms with E-state index in [4.69, 9.17) is 4.42 Å². The summed E-state index contributed by atoms with van der Waals surface area (Å²) in [4.78, 5) is 25.0. The van der Waals surface area contributed by atoms with E-state index in [2.05, 4.69) is 29.6 Å². The molecule has 0 saturated heterocycles. The Morgan fingerprint density at radius 2 is 1.47 bits per heavy atom. The zero-order valence-electron chi connectivity index (χ0n) is 16.8. The van der Waals surface area contributed by atoms with Gasteiger partial charge in [0.2, 0.25) is 5.91 Å². The molecule has 1 N–H and O–H groups in total. The van der Waals surface area contributed by atoms with Gasteiger partial charge >= 0.3 is 5.76 Å². The number of hydrogen-bond donors (Lipinski definition) is 1. The lowest BCUT2D eigenvalue weighted by atomic mass is 9.88. The highest BCUT2D eigenvalue weighted by Crippen LogP contribution is 2.27. The Labute approximate surface area is 175 Å². The second kappa shape index (κ2) is 8.82. The number of benzene rings is 3. The van der Waals surface area contributed by atoms with E-state index < -0.39 is 11.8 Å². The highest BCUT2D eigenvalue weighted by Gasteiger charge is 2.21. The number of carbonyl (C=O) groups excluding carboxylic acids is 1. The first kappa shape index (κ1) is 19.7. The largest absolute Gasteiger partial charge is 0.420 e. The zero-order valence-corrected chi connectivity index (χ0v) is 16.8. The van der Waals surface area contributed by atoms with Crippen molar-refractivity contribution in [3.63, 3.8) is 0 Å². The number of aromatic nitrogens is 1. The molecule has 152 valence electrons. The summed E-state index contributed by atoms with van der Waals surface area (Å²) in [6.45, 7) is 2.22. The maximum absolute atomic E-state index is 12.8. The Morgan fingerprint density at radius 1 is 0.900 bits per heavy atom. The first-order valence-electron chi connectivity index (χ1n) is 10.1. The summed E-state index contributed by atoms with van der Waals surface area (Å²) < 4.78 is 6.66. The molecule has 0 saturated carbocycles. The standard InChI is InChI=1S/C25H24N2O3/c1-18(27-22-14-8-9-15-23(22)30-25(27)29)24(28)26-17-16-21(19-10-4-2-5-11-19)20-12-6-3-7-13-20/h2-15,18,21H,16-17H2,1H3,(H,26,28). The van der Waals surface area contributed by atoms with Gasteiger partial charge in [0.15, 0.2) is 5.58 Å². The van der Waals surface area contributed by atoms with E-state index in [1.807, 2.05) is 42.5 Å². The van der Waals surface area contributed by atoms with Crippen molar-refractivity contribution in [1.82, 2.24) is 9.88 Å². The number of fused-ring (bicyclic) bond motifs is 1. The molecule has 4 aromatic rings. The van der Waals surface area contributed by atoms with Crippen molar-refractivity contribution < 1.29 is 9.21 Å². The van der Waals surface area contributed by atoms with Crippen LogP contribution in [-0.2, 0) is 4.79 Å². The van der Waals surface area contributed by atoms with Crippen molar-refractivity contribution in [2.24, 2.45) is 0 Å². The fourth-order valence-electron chi connectivity index (χ4n) is 3.85. The molecule has 0 aliphatic rings. The molecule has 4 rings (SSSR count). The average molecular weight is 400 g/mol. The third-order valence-corrected chi connectivity index (χ3v) is 5.42. The number of hydrogen-bond acceptors (Lipinski definition) is 3. The molecule has 0 fully saturated rings. The van der Waals surface area contributed by atoms with Crippen molar-refractivity contribution in [2.45, 2.75) is 25.3 Å². The lowest BCUT2D eigenvalue weighted by Crippen LogP contribution is -2.35. The smallest absolute Gasteiger partial charge is 0.408 e. The fourth-order valence-corrected chi connectivity index (χ4v) is 3.85. The Balaban J connectivity index is 1.47. The molecule has 0 bridgehead atoms. The fraction of sp³-hybridized carbons (Fsp3) is 0.200. The van der Waals surface area contributed by atoms with Crippen LogP contribution in [0.4, 0.5) is 0 Å². The van der Waals surface area contributed by atoms with Crippen molar-refractivity contribution in [3.8, 4) is 0 Å². The van der Waals surface area contributed by atoms with Gasteiger partial charge in [-0.05, 0) is 36.6 Å². The number of carbonyl (C=O) groups is 1. The van der Waals surface area contributed by atoms with Gasteiger partial charge < -0.3 is 9.73 Å². The van der Waals surface area contributed by atoms with Crippen molar-refractivity contribution >= 4 is 17.0 Å². The number of rotatable bonds is 7. The predicted octanol–water partition coefficient (Wildman–Crippen LogP) is 4.49. The van der Waals surface area contributed by atoms with E-state index in [1.165, 1.54) is 15.7 Å². The molecule has 0 spiro atoms. The number of oxazole rings is 1. The molecule has 1 amide bonds. The van der Waals surface area contributed by atoms with Crippen LogP contribution < -0.4 is 11.1 Å². The van der Waals surface area contributed by atoms with Crippen molar-refractivity contribution in [1.29, 1.82) is 0 Å². The lowest BCUT2D eigenvalue weighted by Gasteiger charge is -2.19. The van der Waals surface area contributed by atoms with Gasteiger partial charge in [-0.1, -0.05) is 72.8 Å². The van der Waals surface area contributed by atoms with E-state index in [0.717, 1.165) is 6.42 Å². The van der Waals surface area contributed by atoms with E-state index in [1.54, 1.807) is 25.1 Å². The first-order valence-corrected chi connectivity index (χ1v) is 10.1. The van der Waals surface area contributed by atoms with Gasteiger partial charge in [0.05, 0.1) is 5.52 Å². The van der Waals surface area contributed by atoms with Crippen LogP contribution in [0.3, 0.4) is 0 Å². The minimum absolute atomic E-state index is 0.181. The molecule has 5 nitrogen and oxygen atoms in total. The van der Waals surface area contributed by atoms with E-state index in [-0.39, 0.29) is 11.8 Å². The maximum Gasteiger partial charge on any atom is 0.420 e. The van der Waals surface area contributed by atoms with Crippen LogP contribution in [0.2, 0.25) is 0 Å². The summed E-state index contributed by atoms with van der Waals surface area (Å²) in [6, 6.07) is 27.0. The normalized spacial score (nSPS) is 12.2. The van der Waals surface area contributed by atoms with Gasteiger partial charge in [-0.15, -0.1) is 0 Å². The van der Waals surface area contributed by atoms with E-state index in [9.17, 15) is 9.59 Å². The van der Waals surface area contributed by atoms with Gasteiger partial charge in [0.1, 0.15) is 6.04 Å². The Bertz CT molecular complexity index is 1140. The molecular formula is C25H24N2O3. The molecule has 1 heterocycles. The zero-order chi connectivity index (χ0) is 20.9. The monoisotopic (exact) mass is 400 g/mol. The summed E-state index contributed by atoms with van der Waals surface area (Å²) in [5.74, 6) is -0.547. The van der Waals surface area contributed by atoms with Gasteiger partial charge in [-0.25, -0.2) is 4.79 Å². The predicted molar refractivity (Wildman–Crippen MR) is 118 cm³/mol. The van der Waals surface area contributed by atoms with Crippen LogP contribution in [0.15, 0.2) is 94.1 Å². The quantitative estimate of drug-likeness (QED) is 0.497. The summed E-state index contributed by atoms with van der Waals surface area (Å²) >= 11 is 0. The number of nitrogens with zero attached hydrogens (tertiary/aromatic N) is 1. The van der Waals surface area contributed by atoms with Crippen LogP contribution in [0.25, 0.3) is 11.1 Å². The average Bonchev–Trinajstić information content (AvgIpc) is 3.13. The Morgan fingerprint density at radius 3 is 2.10 bits per heavy atom. The van der Waals surface area contributed by atoms with E-state index in [0.29, 0.717) is 17.6 Å². The minimum atomic E-state index is -0.659. The van der Waals surface area contributed by atoms with Crippen LogP contribution in [0.1, 0.15) is 36.4 Å². The van der Waals surface area contributed by atoms with Crippen LogP contribution in [0.5, 0.6) is 0 Å². The Kier molecular flexibility index (Phi) is 5.80. The SMILES string of the molecule is CC(C(=O)NCCC(c1ccccc1)c1ccccc1)n1c(=O)oc2ccccc21. The molecule has 0 radical (unpaired) electrons. The molecular weight excluding hydrogens is 376 g/mol. The van der Waals surface area contributed by atoms with E-state index >= 15 is 0 Å². The minimum Gasteiger partial charge on any atom is -0.408 e. The molecule has 1 unspecified atom stereocenters. The topological polar surface area (TPSA) is 64.2 Å². The van der Waals surface area contributed by atoms with Gasteiger partial charge in [0, 0.05) is 12.5 Å². The summed E-state index contributed by atoms with van der Waals surface area (Å²) in [6.07, 6.45) is 0.757.